The number of allylic oxidation sites excluding steroid dienone is 2. The van der Waals surface area contributed by atoms with Crippen LogP contribution >= 0.6 is 0 Å². The molecule has 0 amide bonds. The summed E-state index contributed by atoms with van der Waals surface area (Å²) < 4.78 is 13.0. The van der Waals surface area contributed by atoms with Crippen molar-refractivity contribution < 1.29 is 14.0 Å². The van der Waals surface area contributed by atoms with Gasteiger partial charge in [-0.25, -0.2) is 4.39 Å². The first kappa shape index (κ1) is 17.1. The third-order valence-corrected chi connectivity index (χ3v) is 5.30. The van der Waals surface area contributed by atoms with Gasteiger partial charge in [-0.3, -0.25) is 9.59 Å². The van der Waals surface area contributed by atoms with Crippen LogP contribution < -0.4 is 0 Å². The summed E-state index contributed by atoms with van der Waals surface area (Å²) in [5.74, 6) is 0.198. The Hall–Kier alpha value is -1.77. The molecule has 0 radical (unpaired) electrons. The Bertz CT molecular complexity index is 648. The van der Waals surface area contributed by atoms with Crippen molar-refractivity contribution >= 4 is 11.6 Å². The Morgan fingerprint density at radius 3 is 2.33 bits per heavy atom. The summed E-state index contributed by atoms with van der Waals surface area (Å²) in [6, 6.07) is 5.58. The monoisotopic (exact) mass is 328 g/mol. The second-order valence-electron chi connectivity index (χ2n) is 7.32. The van der Waals surface area contributed by atoms with E-state index in [0.717, 1.165) is 24.0 Å². The first-order valence-corrected chi connectivity index (χ1v) is 9.01. The maximum Gasteiger partial charge on any atom is 0.166 e. The molecule has 2 aliphatic rings. The molecule has 3 rings (SSSR count). The van der Waals surface area contributed by atoms with Gasteiger partial charge in [-0.05, 0) is 42.7 Å². The number of Topliss-reactive ketones (excluding diaryl/α,β-unsaturated/α-hetero) is 2. The number of halogens is 1. The molecule has 2 fully saturated rings. The Balaban J connectivity index is 1.78. The van der Waals surface area contributed by atoms with E-state index >= 15 is 0 Å². The second-order valence-corrected chi connectivity index (χ2v) is 7.32. The highest BCUT2D eigenvalue weighted by molar-refractivity contribution is 6.22. The number of carbonyl (C=O) groups excluding carboxylic acids is 2. The minimum atomic E-state index is -0.518. The molecule has 0 N–H and O–H groups in total. The van der Waals surface area contributed by atoms with Gasteiger partial charge in [0.25, 0.3) is 0 Å². The lowest BCUT2D eigenvalue weighted by atomic mass is 9.77. The predicted molar refractivity (Wildman–Crippen MR) is 92.6 cm³/mol. The summed E-state index contributed by atoms with van der Waals surface area (Å²) in [5, 5.41) is 0. The van der Waals surface area contributed by atoms with Crippen LogP contribution in [0.1, 0.15) is 67.6 Å². The van der Waals surface area contributed by atoms with Crippen molar-refractivity contribution in [2.75, 3.05) is 0 Å². The summed E-state index contributed by atoms with van der Waals surface area (Å²) >= 11 is 0. The van der Waals surface area contributed by atoms with Gasteiger partial charge in [-0.15, -0.1) is 0 Å². The van der Waals surface area contributed by atoms with Crippen LogP contribution in [0.25, 0.3) is 0 Å². The fourth-order valence-electron chi connectivity index (χ4n) is 4.06. The third kappa shape index (κ3) is 3.82. The van der Waals surface area contributed by atoms with Gasteiger partial charge in [-0.1, -0.05) is 49.1 Å². The number of ketones is 2. The molecule has 0 spiro atoms. The van der Waals surface area contributed by atoms with E-state index < -0.39 is 6.67 Å². The number of hydrogen-bond donors (Lipinski definition) is 0. The summed E-state index contributed by atoms with van der Waals surface area (Å²) in [5.41, 5.74) is 2.94. The van der Waals surface area contributed by atoms with Crippen molar-refractivity contribution in [3.8, 4) is 0 Å². The number of benzene rings is 1. The Labute approximate surface area is 143 Å². The molecule has 0 aliphatic heterocycles. The molecule has 0 saturated heterocycles. The Morgan fingerprint density at radius 1 is 1.04 bits per heavy atom. The zero-order valence-electron chi connectivity index (χ0n) is 14.3. The predicted octanol–water partition coefficient (Wildman–Crippen LogP) is 4.99. The Morgan fingerprint density at radius 2 is 1.71 bits per heavy atom. The Kier molecular flexibility index (Phi) is 5.27. The molecule has 1 aromatic rings. The molecular formula is C21H25FO2. The first-order chi connectivity index (χ1) is 11.6. The normalized spacial score (nSPS) is 22.8. The summed E-state index contributed by atoms with van der Waals surface area (Å²) in [7, 11) is 0. The zero-order chi connectivity index (χ0) is 17.1. The number of aryl methyl sites for hydroxylation is 1. The zero-order valence-corrected chi connectivity index (χ0v) is 14.3. The van der Waals surface area contributed by atoms with Gasteiger partial charge in [0.1, 0.15) is 6.67 Å². The van der Waals surface area contributed by atoms with E-state index in [1.807, 2.05) is 25.1 Å². The second kappa shape index (κ2) is 7.42. The summed E-state index contributed by atoms with van der Waals surface area (Å²) in [4.78, 5) is 25.1. The van der Waals surface area contributed by atoms with E-state index in [1.54, 1.807) is 6.07 Å². The average molecular weight is 328 g/mol. The average Bonchev–Trinajstić information content (AvgIpc) is 2.58. The lowest BCUT2D eigenvalue weighted by molar-refractivity contribution is -0.124. The molecule has 2 saturated carbocycles. The van der Waals surface area contributed by atoms with Crippen molar-refractivity contribution in [2.24, 2.45) is 5.92 Å². The van der Waals surface area contributed by atoms with E-state index in [0.29, 0.717) is 29.9 Å². The summed E-state index contributed by atoms with van der Waals surface area (Å²) in [6.45, 7) is 1.40. The molecule has 0 atom stereocenters. The highest BCUT2D eigenvalue weighted by Crippen LogP contribution is 2.34. The van der Waals surface area contributed by atoms with Gasteiger partial charge >= 0.3 is 0 Å². The molecular weight excluding hydrogens is 303 g/mol. The molecule has 2 nitrogen and oxygen atoms in total. The van der Waals surface area contributed by atoms with Crippen molar-refractivity contribution in [1.82, 2.24) is 0 Å². The molecule has 0 heterocycles. The highest BCUT2D eigenvalue weighted by Gasteiger charge is 2.32. The van der Waals surface area contributed by atoms with Crippen LogP contribution in [0, 0.1) is 12.8 Å². The molecule has 1 aromatic carbocycles. The molecule has 0 bridgehead atoms. The van der Waals surface area contributed by atoms with E-state index in [-0.39, 0.29) is 17.5 Å². The lowest BCUT2D eigenvalue weighted by Gasteiger charge is -2.25. The van der Waals surface area contributed by atoms with Gasteiger partial charge in [0, 0.05) is 12.8 Å². The minimum Gasteiger partial charge on any atom is -0.294 e. The van der Waals surface area contributed by atoms with Crippen molar-refractivity contribution in [3.63, 3.8) is 0 Å². The van der Waals surface area contributed by atoms with E-state index in [1.165, 1.54) is 19.3 Å². The number of hydrogen-bond acceptors (Lipinski definition) is 2. The molecule has 24 heavy (non-hydrogen) atoms. The molecule has 3 heteroatoms. The molecule has 128 valence electrons. The van der Waals surface area contributed by atoms with Crippen LogP contribution in [0.5, 0.6) is 0 Å². The largest absolute Gasteiger partial charge is 0.294 e. The minimum absolute atomic E-state index is 0.0369. The van der Waals surface area contributed by atoms with Gasteiger partial charge < -0.3 is 0 Å². The standard InChI is InChI=1S/C21H25FO2/c1-14-7-16(13-22)9-17(8-14)18-11-20(23)19(21(24)12-18)10-15-5-3-2-4-6-15/h7-10,15,18H,2-6,11-13H2,1H3. The summed E-state index contributed by atoms with van der Waals surface area (Å²) in [6.07, 6.45) is 8.48. The number of alkyl halides is 1. The van der Waals surface area contributed by atoms with E-state index in [9.17, 15) is 14.0 Å². The van der Waals surface area contributed by atoms with Gasteiger partial charge in [0.2, 0.25) is 0 Å². The van der Waals surface area contributed by atoms with E-state index in [2.05, 4.69) is 0 Å². The maximum absolute atomic E-state index is 13.0. The van der Waals surface area contributed by atoms with Crippen LogP contribution in [0.2, 0.25) is 0 Å². The number of carbonyl (C=O) groups is 2. The van der Waals surface area contributed by atoms with E-state index in [4.69, 9.17) is 0 Å². The van der Waals surface area contributed by atoms with Gasteiger partial charge in [0.05, 0.1) is 5.57 Å². The third-order valence-electron chi connectivity index (χ3n) is 5.30. The molecule has 0 unspecified atom stereocenters. The topological polar surface area (TPSA) is 34.1 Å². The van der Waals surface area contributed by atoms with Crippen LogP contribution in [0.4, 0.5) is 4.39 Å². The van der Waals surface area contributed by atoms with Gasteiger partial charge in [0.15, 0.2) is 11.6 Å². The maximum atomic E-state index is 13.0. The van der Waals surface area contributed by atoms with Crippen molar-refractivity contribution in [3.05, 3.63) is 46.5 Å². The van der Waals surface area contributed by atoms with Crippen molar-refractivity contribution in [2.45, 2.75) is 64.5 Å². The van der Waals surface area contributed by atoms with Crippen LogP contribution in [0.15, 0.2) is 29.8 Å². The fraction of sp³-hybridized carbons (Fsp3) is 0.524. The molecule has 0 aromatic heterocycles. The molecule has 2 aliphatic carbocycles. The van der Waals surface area contributed by atoms with Crippen LogP contribution in [0.3, 0.4) is 0 Å². The first-order valence-electron chi connectivity index (χ1n) is 9.01. The van der Waals surface area contributed by atoms with Crippen LogP contribution in [-0.4, -0.2) is 11.6 Å². The quantitative estimate of drug-likeness (QED) is 0.579. The fourth-order valence-corrected chi connectivity index (χ4v) is 4.06. The van der Waals surface area contributed by atoms with Crippen molar-refractivity contribution in [1.29, 1.82) is 0 Å². The lowest BCUT2D eigenvalue weighted by Crippen LogP contribution is -2.26. The smallest absolute Gasteiger partial charge is 0.166 e. The van der Waals surface area contributed by atoms with Crippen LogP contribution in [-0.2, 0) is 16.3 Å². The van der Waals surface area contributed by atoms with Gasteiger partial charge in [-0.2, -0.15) is 0 Å². The SMILES string of the molecule is Cc1cc(CF)cc(C2CC(=O)C(=CC3CCCCC3)C(=O)C2)c1. The highest BCUT2D eigenvalue weighted by atomic mass is 19.1. The number of rotatable bonds is 3.